The molecule has 2 aromatic rings. The molecule has 3 atom stereocenters. The van der Waals surface area contributed by atoms with Crippen molar-refractivity contribution in [2.45, 2.75) is 72.4 Å². The van der Waals surface area contributed by atoms with Crippen LogP contribution in [0, 0.1) is 22.7 Å². The first-order chi connectivity index (χ1) is 17.6. The number of nitrogens with one attached hydrogen (secondary N) is 2. The predicted molar refractivity (Wildman–Crippen MR) is 144 cm³/mol. The van der Waals surface area contributed by atoms with Gasteiger partial charge in [0.25, 0.3) is 5.91 Å². The molecule has 2 aromatic carbocycles. The highest BCUT2D eigenvalue weighted by molar-refractivity contribution is 5.95. The Morgan fingerprint density at radius 2 is 1.65 bits per heavy atom. The highest BCUT2D eigenvalue weighted by atomic mass is 16.5. The van der Waals surface area contributed by atoms with Gasteiger partial charge in [-0.25, -0.2) is 4.79 Å². The number of carbonyl (C=O) groups excluding carboxylic acids is 3. The molecule has 0 saturated heterocycles. The third-order valence-corrected chi connectivity index (χ3v) is 6.67. The van der Waals surface area contributed by atoms with Gasteiger partial charge in [-0.1, -0.05) is 57.0 Å². The number of nitriles is 1. The van der Waals surface area contributed by atoms with E-state index in [1.807, 2.05) is 43.3 Å². The van der Waals surface area contributed by atoms with Crippen LogP contribution in [-0.4, -0.2) is 36.5 Å². The summed E-state index contributed by atoms with van der Waals surface area (Å²) in [5.41, 5.74) is 0.751. The second-order valence-electron chi connectivity index (χ2n) is 9.95. The van der Waals surface area contributed by atoms with Crippen molar-refractivity contribution in [3.63, 3.8) is 0 Å². The summed E-state index contributed by atoms with van der Waals surface area (Å²) in [6, 6.07) is 16.5. The number of amides is 2. The van der Waals surface area contributed by atoms with Gasteiger partial charge in [-0.2, -0.15) is 5.26 Å². The maximum Gasteiger partial charge on any atom is 0.328 e. The summed E-state index contributed by atoms with van der Waals surface area (Å²) >= 11 is 0. The summed E-state index contributed by atoms with van der Waals surface area (Å²) in [4.78, 5) is 39.6. The first kappa shape index (κ1) is 29.6. The molecule has 7 nitrogen and oxygen atoms in total. The van der Waals surface area contributed by atoms with Gasteiger partial charge < -0.3 is 15.4 Å². The number of nitrogens with zero attached hydrogens (tertiary/aromatic N) is 1. The van der Waals surface area contributed by atoms with Gasteiger partial charge in [0.1, 0.15) is 6.04 Å². The lowest BCUT2D eigenvalue weighted by Crippen LogP contribution is -2.58. The Bertz CT molecular complexity index is 1070. The van der Waals surface area contributed by atoms with Crippen molar-refractivity contribution >= 4 is 17.8 Å². The average molecular weight is 506 g/mol. The Morgan fingerprint density at radius 3 is 2.22 bits per heavy atom. The molecule has 2 amide bonds. The number of carbonyl (C=O) groups is 3. The summed E-state index contributed by atoms with van der Waals surface area (Å²) < 4.78 is 5.25. The van der Waals surface area contributed by atoms with Crippen molar-refractivity contribution in [3.05, 3.63) is 71.3 Å². The quantitative estimate of drug-likeness (QED) is 0.380. The monoisotopic (exact) mass is 505 g/mol. The van der Waals surface area contributed by atoms with Crippen LogP contribution in [0.2, 0.25) is 0 Å². The van der Waals surface area contributed by atoms with Crippen molar-refractivity contribution in [2.75, 3.05) is 6.61 Å². The van der Waals surface area contributed by atoms with E-state index in [4.69, 9.17) is 10.00 Å². The molecule has 2 N–H and O–H groups in total. The number of rotatable bonds is 13. The molecule has 0 fully saturated rings. The highest BCUT2D eigenvalue weighted by Crippen LogP contribution is 2.30. The molecule has 0 radical (unpaired) electrons. The van der Waals surface area contributed by atoms with Gasteiger partial charge in [0.15, 0.2) is 0 Å². The van der Waals surface area contributed by atoms with E-state index in [-0.39, 0.29) is 24.3 Å². The van der Waals surface area contributed by atoms with Crippen molar-refractivity contribution in [1.29, 1.82) is 5.26 Å². The lowest BCUT2D eigenvalue weighted by Gasteiger charge is -2.38. The van der Waals surface area contributed by atoms with E-state index >= 15 is 0 Å². The molecule has 0 heterocycles. The fraction of sp³-hybridized carbons (Fsp3) is 0.467. The van der Waals surface area contributed by atoms with Gasteiger partial charge in [-0.15, -0.1) is 0 Å². The maximum atomic E-state index is 13.7. The normalized spacial score (nSPS) is 13.5. The molecule has 37 heavy (non-hydrogen) atoms. The molecule has 2 rings (SSSR count). The molecule has 0 aliphatic rings. The fourth-order valence-corrected chi connectivity index (χ4v) is 4.42. The molecule has 0 bridgehead atoms. The lowest BCUT2D eigenvalue weighted by molar-refractivity contribution is -0.149. The first-order valence-corrected chi connectivity index (χ1v) is 13.0. The molecular weight excluding hydrogens is 466 g/mol. The van der Waals surface area contributed by atoms with Crippen molar-refractivity contribution in [1.82, 2.24) is 10.6 Å². The van der Waals surface area contributed by atoms with Crippen LogP contribution >= 0.6 is 0 Å². The molecule has 0 spiro atoms. The zero-order valence-corrected chi connectivity index (χ0v) is 22.5. The molecule has 0 saturated carbocycles. The van der Waals surface area contributed by atoms with Crippen LogP contribution in [0.15, 0.2) is 54.6 Å². The zero-order valence-electron chi connectivity index (χ0n) is 22.5. The van der Waals surface area contributed by atoms with E-state index in [2.05, 4.69) is 17.6 Å². The van der Waals surface area contributed by atoms with Gasteiger partial charge in [-0.3, -0.25) is 9.59 Å². The fourth-order valence-electron chi connectivity index (χ4n) is 4.42. The van der Waals surface area contributed by atoms with Crippen LogP contribution < -0.4 is 10.6 Å². The second-order valence-corrected chi connectivity index (χ2v) is 9.95. The van der Waals surface area contributed by atoms with E-state index in [0.717, 1.165) is 24.8 Å². The van der Waals surface area contributed by atoms with Crippen LogP contribution in [0.1, 0.15) is 75.4 Å². The van der Waals surface area contributed by atoms with Gasteiger partial charge in [0.2, 0.25) is 5.91 Å². The second kappa shape index (κ2) is 14.2. The number of ether oxygens (including phenoxy) is 1. The van der Waals surface area contributed by atoms with Crippen molar-refractivity contribution in [3.8, 4) is 6.07 Å². The minimum Gasteiger partial charge on any atom is -0.464 e. The Labute approximate surface area is 220 Å². The van der Waals surface area contributed by atoms with Crippen LogP contribution in [0.4, 0.5) is 0 Å². The lowest BCUT2D eigenvalue weighted by atomic mass is 9.75. The third kappa shape index (κ3) is 8.45. The molecule has 2 unspecified atom stereocenters. The van der Waals surface area contributed by atoms with E-state index in [1.54, 1.807) is 45.0 Å². The maximum absolute atomic E-state index is 13.7. The number of unbranched alkanes of at least 4 members (excludes halogenated alkanes) is 1. The zero-order chi connectivity index (χ0) is 27.4. The number of hydrogen-bond donors (Lipinski definition) is 2. The molecule has 7 heteroatoms. The van der Waals surface area contributed by atoms with Gasteiger partial charge >= 0.3 is 5.97 Å². The minimum atomic E-state index is -1.03. The van der Waals surface area contributed by atoms with Crippen molar-refractivity contribution in [2.24, 2.45) is 11.3 Å². The minimum absolute atomic E-state index is 0.00167. The molecule has 0 aromatic heterocycles. The smallest absolute Gasteiger partial charge is 0.328 e. The summed E-state index contributed by atoms with van der Waals surface area (Å²) in [5, 5.41) is 15.0. The predicted octanol–water partition coefficient (Wildman–Crippen LogP) is 4.80. The SMILES string of the molecule is CCCCC(C)C(NC(=O)c1ccc(C#N)cc1)C(C)(C)C(=O)N[C@@H](Cc1ccccc1)C(=O)OCC. The number of hydrogen-bond acceptors (Lipinski definition) is 5. The summed E-state index contributed by atoms with van der Waals surface area (Å²) in [6.07, 6.45) is 3.09. The van der Waals surface area contributed by atoms with Crippen molar-refractivity contribution < 1.29 is 19.1 Å². The van der Waals surface area contributed by atoms with Gasteiger partial charge in [0.05, 0.1) is 23.7 Å². The van der Waals surface area contributed by atoms with E-state index in [0.29, 0.717) is 17.5 Å². The highest BCUT2D eigenvalue weighted by Gasteiger charge is 2.42. The van der Waals surface area contributed by atoms with Gasteiger partial charge in [-0.05, 0) is 62.9 Å². The molecular formula is C30H39N3O4. The number of benzene rings is 2. The Hall–Kier alpha value is -3.66. The van der Waals surface area contributed by atoms with E-state index < -0.39 is 23.5 Å². The topological polar surface area (TPSA) is 108 Å². The first-order valence-electron chi connectivity index (χ1n) is 13.0. The van der Waals surface area contributed by atoms with Gasteiger partial charge in [0, 0.05) is 18.0 Å². The largest absolute Gasteiger partial charge is 0.464 e. The van der Waals surface area contributed by atoms with Crippen LogP contribution in [-0.2, 0) is 20.7 Å². The molecule has 198 valence electrons. The Balaban J connectivity index is 2.30. The molecule has 0 aliphatic heterocycles. The summed E-state index contributed by atoms with van der Waals surface area (Å²) in [7, 11) is 0. The third-order valence-electron chi connectivity index (χ3n) is 6.67. The summed E-state index contributed by atoms with van der Waals surface area (Å²) in [5.74, 6) is -1.15. The Morgan fingerprint density at radius 1 is 1.00 bits per heavy atom. The van der Waals surface area contributed by atoms with Crippen LogP contribution in [0.3, 0.4) is 0 Å². The standard InChI is InChI=1S/C30H39N3O4/c1-6-8-12-21(3)26(33-27(34)24-17-15-23(20-31)16-18-24)30(4,5)29(36)32-25(28(35)37-7-2)19-22-13-10-9-11-14-22/h9-11,13-18,21,25-26H,6-8,12,19H2,1-5H3,(H,32,36)(H,33,34)/t21?,25-,26?/m0/s1. The molecule has 0 aliphatic carbocycles. The van der Waals surface area contributed by atoms with Crippen LogP contribution in [0.25, 0.3) is 0 Å². The summed E-state index contributed by atoms with van der Waals surface area (Å²) in [6.45, 7) is 9.65. The number of esters is 1. The van der Waals surface area contributed by atoms with E-state index in [9.17, 15) is 14.4 Å². The van der Waals surface area contributed by atoms with E-state index in [1.165, 1.54) is 0 Å². The average Bonchev–Trinajstić information content (AvgIpc) is 2.90. The Kier molecular flexibility index (Phi) is 11.3. The van der Waals surface area contributed by atoms with Crippen LogP contribution in [0.5, 0.6) is 0 Å².